The first-order chi connectivity index (χ1) is 6.52. The van der Waals surface area contributed by atoms with Crippen LogP contribution in [0.3, 0.4) is 0 Å². The molecular weight excluding hydrogens is 240 g/mol. The molecule has 1 aliphatic rings. The number of halogens is 1. The molecule has 0 aliphatic heterocycles. The van der Waals surface area contributed by atoms with Gasteiger partial charge in [0.2, 0.25) is 0 Å². The molecule has 1 aromatic carbocycles. The van der Waals surface area contributed by atoms with Crippen LogP contribution in [0.15, 0.2) is 34.8 Å². The zero-order valence-corrected chi connectivity index (χ0v) is 9.76. The van der Waals surface area contributed by atoms with Crippen molar-refractivity contribution in [3.8, 4) is 0 Å². The van der Waals surface area contributed by atoms with Gasteiger partial charge in [0.25, 0.3) is 0 Å². The van der Waals surface area contributed by atoms with E-state index in [0.717, 1.165) is 11.1 Å². The van der Waals surface area contributed by atoms with Crippen LogP contribution in [0.25, 0.3) is 0 Å². The predicted octanol–water partition coefficient (Wildman–Crippen LogP) is 3.44. The second kappa shape index (κ2) is 3.06. The van der Waals surface area contributed by atoms with Crippen molar-refractivity contribution in [1.29, 1.82) is 0 Å². The predicted molar refractivity (Wildman–Crippen MR) is 60.8 cm³/mol. The first-order valence-electron chi connectivity index (χ1n) is 4.55. The Hall–Kier alpha value is -0.890. The summed E-state index contributed by atoms with van der Waals surface area (Å²) in [6, 6.07) is 7.77. The molecule has 0 aromatic heterocycles. The van der Waals surface area contributed by atoms with Crippen molar-refractivity contribution in [1.82, 2.24) is 0 Å². The van der Waals surface area contributed by atoms with Crippen LogP contribution in [0.5, 0.6) is 0 Å². The Balaban J connectivity index is 2.71. The molecule has 0 amide bonds. The van der Waals surface area contributed by atoms with Crippen LogP contribution in [0.1, 0.15) is 29.8 Å². The maximum Gasteiger partial charge on any atom is 0.199 e. The standard InChI is InChI=1S/C12H11BrO/c1-12(2)7-10(13)11(14)8-5-3-4-6-9(8)12/h3-7H,1-2H3. The fourth-order valence-electron chi connectivity index (χ4n) is 1.83. The Labute approximate surface area is 92.0 Å². The topological polar surface area (TPSA) is 17.1 Å². The maximum atomic E-state index is 11.8. The lowest BCUT2D eigenvalue weighted by Gasteiger charge is -2.28. The highest BCUT2D eigenvalue weighted by atomic mass is 79.9. The average molecular weight is 251 g/mol. The van der Waals surface area contributed by atoms with Gasteiger partial charge in [0, 0.05) is 11.0 Å². The van der Waals surface area contributed by atoms with E-state index in [1.807, 2.05) is 30.3 Å². The molecule has 0 radical (unpaired) electrons. The van der Waals surface area contributed by atoms with Gasteiger partial charge in [-0.1, -0.05) is 44.2 Å². The van der Waals surface area contributed by atoms with E-state index in [1.54, 1.807) is 0 Å². The van der Waals surface area contributed by atoms with E-state index in [4.69, 9.17) is 0 Å². The fraction of sp³-hybridized carbons (Fsp3) is 0.250. The summed E-state index contributed by atoms with van der Waals surface area (Å²) < 4.78 is 0.668. The highest BCUT2D eigenvalue weighted by Crippen LogP contribution is 2.36. The molecular formula is C12H11BrO. The Morgan fingerprint density at radius 2 is 1.86 bits per heavy atom. The van der Waals surface area contributed by atoms with Crippen molar-refractivity contribution in [2.45, 2.75) is 19.3 Å². The monoisotopic (exact) mass is 250 g/mol. The lowest BCUT2D eigenvalue weighted by Crippen LogP contribution is -2.24. The molecule has 2 heteroatoms. The second-order valence-electron chi connectivity index (χ2n) is 4.09. The van der Waals surface area contributed by atoms with Crippen molar-refractivity contribution < 1.29 is 4.79 Å². The molecule has 0 fully saturated rings. The van der Waals surface area contributed by atoms with E-state index < -0.39 is 0 Å². The number of allylic oxidation sites excluding steroid dienone is 2. The third-order valence-electron chi connectivity index (χ3n) is 2.57. The van der Waals surface area contributed by atoms with Crippen molar-refractivity contribution in [3.05, 3.63) is 46.0 Å². The minimum atomic E-state index is -0.0661. The number of hydrogen-bond acceptors (Lipinski definition) is 1. The Bertz CT molecular complexity index is 430. The van der Waals surface area contributed by atoms with E-state index in [0.29, 0.717) is 4.48 Å². The summed E-state index contributed by atoms with van der Waals surface area (Å²) in [6.07, 6.45) is 1.97. The molecule has 0 unspecified atom stereocenters. The Morgan fingerprint density at radius 3 is 2.57 bits per heavy atom. The molecule has 2 rings (SSSR count). The van der Waals surface area contributed by atoms with Gasteiger partial charge >= 0.3 is 0 Å². The number of carbonyl (C=O) groups is 1. The van der Waals surface area contributed by atoms with Crippen LogP contribution < -0.4 is 0 Å². The van der Waals surface area contributed by atoms with Crippen LogP contribution in [-0.4, -0.2) is 5.78 Å². The van der Waals surface area contributed by atoms with Crippen molar-refractivity contribution >= 4 is 21.7 Å². The van der Waals surface area contributed by atoms with Crippen LogP contribution in [-0.2, 0) is 5.41 Å². The summed E-state index contributed by atoms with van der Waals surface area (Å²) in [6.45, 7) is 4.22. The minimum Gasteiger partial charge on any atom is -0.288 e. The van der Waals surface area contributed by atoms with Gasteiger partial charge < -0.3 is 0 Å². The third-order valence-corrected chi connectivity index (χ3v) is 3.16. The first-order valence-corrected chi connectivity index (χ1v) is 5.34. The van der Waals surface area contributed by atoms with Crippen LogP contribution in [0.4, 0.5) is 0 Å². The molecule has 0 spiro atoms. The van der Waals surface area contributed by atoms with E-state index in [2.05, 4.69) is 29.8 Å². The van der Waals surface area contributed by atoms with E-state index in [-0.39, 0.29) is 11.2 Å². The van der Waals surface area contributed by atoms with Crippen LogP contribution in [0, 0.1) is 0 Å². The molecule has 1 aromatic rings. The zero-order chi connectivity index (χ0) is 10.3. The SMILES string of the molecule is CC1(C)C=C(Br)C(=O)c2ccccc21. The third kappa shape index (κ3) is 1.34. The van der Waals surface area contributed by atoms with E-state index >= 15 is 0 Å². The molecule has 0 saturated carbocycles. The molecule has 0 saturated heterocycles. The van der Waals surface area contributed by atoms with Gasteiger partial charge in [0.05, 0.1) is 4.48 Å². The van der Waals surface area contributed by atoms with Gasteiger partial charge in [-0.15, -0.1) is 0 Å². The fourth-order valence-corrected chi connectivity index (χ4v) is 2.62. The summed E-state index contributed by atoms with van der Waals surface area (Å²) in [5.41, 5.74) is 1.85. The number of benzene rings is 1. The Kier molecular flexibility index (Phi) is 2.11. The number of ketones is 1. The second-order valence-corrected chi connectivity index (χ2v) is 4.94. The number of Topliss-reactive ketones (excluding diaryl/α,β-unsaturated/α-hetero) is 1. The lowest BCUT2D eigenvalue weighted by molar-refractivity contribution is 0.103. The van der Waals surface area contributed by atoms with Gasteiger partial charge in [-0.3, -0.25) is 4.79 Å². The van der Waals surface area contributed by atoms with Crippen molar-refractivity contribution in [3.63, 3.8) is 0 Å². The van der Waals surface area contributed by atoms with Gasteiger partial charge in [0.15, 0.2) is 5.78 Å². The number of rotatable bonds is 0. The quantitative estimate of drug-likeness (QED) is 0.690. The smallest absolute Gasteiger partial charge is 0.199 e. The van der Waals surface area contributed by atoms with Gasteiger partial charge in [0.1, 0.15) is 0 Å². The highest BCUT2D eigenvalue weighted by molar-refractivity contribution is 9.12. The lowest BCUT2D eigenvalue weighted by atomic mass is 9.77. The van der Waals surface area contributed by atoms with E-state index in [1.165, 1.54) is 0 Å². The Morgan fingerprint density at radius 1 is 1.21 bits per heavy atom. The van der Waals surface area contributed by atoms with Crippen molar-refractivity contribution in [2.75, 3.05) is 0 Å². The van der Waals surface area contributed by atoms with Crippen LogP contribution >= 0.6 is 15.9 Å². The zero-order valence-electron chi connectivity index (χ0n) is 8.17. The van der Waals surface area contributed by atoms with Gasteiger partial charge in [-0.05, 0) is 21.5 Å². The summed E-state index contributed by atoms with van der Waals surface area (Å²) in [4.78, 5) is 11.8. The summed E-state index contributed by atoms with van der Waals surface area (Å²) in [7, 11) is 0. The van der Waals surface area contributed by atoms with Crippen molar-refractivity contribution in [2.24, 2.45) is 0 Å². The summed E-state index contributed by atoms with van der Waals surface area (Å²) >= 11 is 3.31. The minimum absolute atomic E-state index is 0.0661. The van der Waals surface area contributed by atoms with Gasteiger partial charge in [-0.2, -0.15) is 0 Å². The molecule has 1 nitrogen and oxygen atoms in total. The normalized spacial score (nSPS) is 18.8. The number of fused-ring (bicyclic) bond motifs is 1. The number of carbonyl (C=O) groups excluding carboxylic acids is 1. The summed E-state index contributed by atoms with van der Waals surface area (Å²) in [5.74, 6) is 0.0833. The molecule has 1 aliphatic carbocycles. The number of hydrogen-bond donors (Lipinski definition) is 0. The largest absolute Gasteiger partial charge is 0.288 e. The molecule has 0 N–H and O–H groups in total. The van der Waals surface area contributed by atoms with Gasteiger partial charge in [-0.25, -0.2) is 0 Å². The average Bonchev–Trinajstić information content (AvgIpc) is 2.14. The molecule has 0 heterocycles. The summed E-state index contributed by atoms with van der Waals surface area (Å²) in [5, 5.41) is 0. The van der Waals surface area contributed by atoms with Crippen LogP contribution in [0.2, 0.25) is 0 Å². The molecule has 72 valence electrons. The van der Waals surface area contributed by atoms with E-state index in [9.17, 15) is 4.79 Å². The highest BCUT2D eigenvalue weighted by Gasteiger charge is 2.30. The molecule has 0 bridgehead atoms. The molecule has 0 atom stereocenters. The molecule has 14 heavy (non-hydrogen) atoms. The first kappa shape index (κ1) is 9.66. The maximum absolute atomic E-state index is 11.8.